The molecule has 2 aliphatic heterocycles. The van der Waals surface area contributed by atoms with Crippen LogP contribution in [0.25, 0.3) is 11.3 Å². The van der Waals surface area contributed by atoms with Crippen molar-refractivity contribution in [1.29, 1.82) is 0 Å². The zero-order chi connectivity index (χ0) is 26.4. The van der Waals surface area contributed by atoms with Crippen LogP contribution in [0.4, 0.5) is 14.6 Å². The Bertz CT molecular complexity index is 1330. The van der Waals surface area contributed by atoms with E-state index in [2.05, 4.69) is 15.0 Å². The minimum absolute atomic E-state index is 0.0182. The van der Waals surface area contributed by atoms with E-state index in [0.29, 0.717) is 11.3 Å². The second-order valence-corrected chi connectivity index (χ2v) is 10.4. The van der Waals surface area contributed by atoms with Crippen molar-refractivity contribution in [3.63, 3.8) is 0 Å². The molecular weight excluding hydrogens is 496 g/mol. The molecule has 6 rings (SSSR count). The van der Waals surface area contributed by atoms with E-state index in [1.54, 1.807) is 24.3 Å². The molecule has 2 unspecified atom stereocenters. The van der Waals surface area contributed by atoms with E-state index in [1.165, 1.54) is 12.3 Å². The number of carbonyl (C=O) groups is 1. The first-order valence-corrected chi connectivity index (χ1v) is 13.0. The van der Waals surface area contributed by atoms with Crippen LogP contribution in [0.15, 0.2) is 41.1 Å². The van der Waals surface area contributed by atoms with Gasteiger partial charge < -0.3 is 24.0 Å². The molecular formula is C28H29F2N3O5. The highest BCUT2D eigenvalue weighted by molar-refractivity contribution is 5.87. The average Bonchev–Trinajstić information content (AvgIpc) is 3.59. The lowest BCUT2D eigenvalue weighted by Gasteiger charge is -2.40. The molecule has 1 saturated carbocycles. The summed E-state index contributed by atoms with van der Waals surface area (Å²) in [7, 11) is 0. The predicted octanol–water partition coefficient (Wildman–Crippen LogP) is 5.94. The number of anilines is 1. The Morgan fingerprint density at radius 3 is 2.58 bits per heavy atom. The van der Waals surface area contributed by atoms with Crippen LogP contribution < -0.4 is 9.64 Å². The lowest BCUT2D eigenvalue weighted by molar-refractivity contribution is -0.0494. The van der Waals surface area contributed by atoms with Crippen molar-refractivity contribution < 1.29 is 32.7 Å². The molecule has 10 heteroatoms. The largest absolute Gasteiger partial charge is 0.478 e. The van der Waals surface area contributed by atoms with E-state index in [4.69, 9.17) is 14.0 Å². The highest BCUT2D eigenvalue weighted by Gasteiger charge is 2.43. The molecule has 1 aliphatic carbocycles. The number of carboxylic acids is 1. The van der Waals surface area contributed by atoms with Gasteiger partial charge in [0.25, 0.3) is 0 Å². The molecule has 2 aromatic heterocycles. The number of rotatable bonds is 9. The van der Waals surface area contributed by atoms with Gasteiger partial charge in [-0.05, 0) is 69.2 Å². The molecule has 1 aromatic carbocycles. The van der Waals surface area contributed by atoms with Gasteiger partial charge in [-0.25, -0.2) is 9.78 Å². The number of piperidine rings is 1. The van der Waals surface area contributed by atoms with Crippen LogP contribution in [0.5, 0.6) is 5.75 Å². The van der Waals surface area contributed by atoms with Crippen LogP contribution in [0.3, 0.4) is 0 Å². The summed E-state index contributed by atoms with van der Waals surface area (Å²) in [6.45, 7) is -0.758. The smallest absolute Gasteiger partial charge is 0.387 e. The number of benzene rings is 1. The first kappa shape index (κ1) is 24.8. The van der Waals surface area contributed by atoms with Crippen LogP contribution in [0.2, 0.25) is 0 Å². The number of alkyl halides is 2. The topological polar surface area (TPSA) is 97.9 Å². The Hall–Kier alpha value is -3.53. The summed E-state index contributed by atoms with van der Waals surface area (Å²) in [5, 5.41) is 13.5. The average molecular weight is 526 g/mol. The Morgan fingerprint density at radius 2 is 1.92 bits per heavy atom. The summed E-state index contributed by atoms with van der Waals surface area (Å²) < 4.78 is 43.0. The fraction of sp³-hybridized carbons (Fsp3) is 0.464. The van der Waals surface area contributed by atoms with Gasteiger partial charge in [0.1, 0.15) is 23.0 Å². The van der Waals surface area contributed by atoms with Crippen molar-refractivity contribution >= 4 is 11.8 Å². The maximum atomic E-state index is 13.0. The molecule has 3 aliphatic rings. The number of aryl methyl sites for hydroxylation is 1. The molecule has 3 fully saturated rings. The zero-order valence-corrected chi connectivity index (χ0v) is 21.0. The SMILES string of the molecule is Cc1cc(C(=O)O)cnc1N1C2CCC1CC(OCc1c(-c3ccccc3OC(F)F)noc1C1CC1)C2. The van der Waals surface area contributed by atoms with Gasteiger partial charge in [0.2, 0.25) is 0 Å². The lowest BCUT2D eigenvalue weighted by atomic mass is 9.98. The molecule has 200 valence electrons. The Labute approximate surface area is 218 Å². The number of ether oxygens (including phenoxy) is 2. The van der Waals surface area contributed by atoms with Crippen molar-refractivity contribution in [2.45, 2.75) is 82.8 Å². The van der Waals surface area contributed by atoms with Crippen LogP contribution >= 0.6 is 0 Å². The third-order valence-electron chi connectivity index (χ3n) is 7.82. The summed E-state index contributed by atoms with van der Waals surface area (Å²) in [4.78, 5) is 18.2. The molecule has 1 N–H and O–H groups in total. The molecule has 0 spiro atoms. The molecule has 38 heavy (non-hydrogen) atoms. The molecule has 3 aromatic rings. The predicted molar refractivity (Wildman–Crippen MR) is 134 cm³/mol. The van der Waals surface area contributed by atoms with Crippen LogP contribution in [0, 0.1) is 6.92 Å². The minimum atomic E-state index is -2.94. The number of hydrogen-bond donors (Lipinski definition) is 1. The summed E-state index contributed by atoms with van der Waals surface area (Å²) in [5.74, 6) is 0.963. The van der Waals surface area contributed by atoms with Gasteiger partial charge in [-0.3, -0.25) is 0 Å². The normalized spacial score (nSPS) is 22.7. The Balaban J connectivity index is 1.20. The second kappa shape index (κ2) is 9.98. The first-order valence-electron chi connectivity index (χ1n) is 13.0. The van der Waals surface area contributed by atoms with E-state index < -0.39 is 12.6 Å². The number of para-hydroxylation sites is 1. The van der Waals surface area contributed by atoms with Gasteiger partial charge in [0.05, 0.1) is 18.3 Å². The van der Waals surface area contributed by atoms with Crippen molar-refractivity contribution in [3.05, 3.63) is 59.0 Å². The van der Waals surface area contributed by atoms with Crippen molar-refractivity contribution in [1.82, 2.24) is 10.1 Å². The number of aromatic carboxylic acids is 1. The molecule has 2 bridgehead atoms. The van der Waals surface area contributed by atoms with E-state index >= 15 is 0 Å². The molecule has 8 nitrogen and oxygen atoms in total. The number of aromatic nitrogens is 2. The maximum Gasteiger partial charge on any atom is 0.387 e. The Morgan fingerprint density at radius 1 is 1.18 bits per heavy atom. The van der Waals surface area contributed by atoms with Crippen molar-refractivity contribution in [3.8, 4) is 17.0 Å². The van der Waals surface area contributed by atoms with E-state index in [0.717, 1.165) is 61.2 Å². The van der Waals surface area contributed by atoms with Gasteiger partial charge in [0, 0.05) is 35.3 Å². The number of fused-ring (bicyclic) bond motifs is 2. The van der Waals surface area contributed by atoms with E-state index in [-0.39, 0.29) is 42.0 Å². The molecule has 2 atom stereocenters. The molecule has 0 radical (unpaired) electrons. The molecule has 2 saturated heterocycles. The summed E-state index contributed by atoms with van der Waals surface area (Å²) >= 11 is 0. The van der Waals surface area contributed by atoms with Gasteiger partial charge in [-0.2, -0.15) is 8.78 Å². The number of carboxylic acid groups (broad SMARTS) is 1. The standard InChI is InChI=1S/C28H29F2N3O5/c1-15-10-17(27(34)35)13-31-26(15)33-18-8-9-19(33)12-20(11-18)36-14-22-24(32-38-25(22)16-6-7-16)21-4-2-3-5-23(21)37-28(29)30/h2-5,10,13,16,18-20,28H,6-9,11-12,14H2,1H3,(H,34,35). The number of hydrogen-bond acceptors (Lipinski definition) is 7. The molecule has 4 heterocycles. The minimum Gasteiger partial charge on any atom is -0.478 e. The van der Waals surface area contributed by atoms with Crippen LogP contribution in [0.1, 0.15) is 71.7 Å². The third kappa shape index (κ3) is 4.73. The molecule has 0 amide bonds. The zero-order valence-electron chi connectivity index (χ0n) is 21.0. The van der Waals surface area contributed by atoms with Gasteiger partial charge in [0.15, 0.2) is 0 Å². The third-order valence-corrected chi connectivity index (χ3v) is 7.82. The number of pyridine rings is 1. The van der Waals surface area contributed by atoms with Crippen LogP contribution in [-0.4, -0.2) is 46.0 Å². The summed E-state index contributed by atoms with van der Waals surface area (Å²) in [5.41, 5.74) is 2.79. The van der Waals surface area contributed by atoms with Gasteiger partial charge >= 0.3 is 12.6 Å². The highest BCUT2D eigenvalue weighted by Crippen LogP contribution is 2.46. The highest BCUT2D eigenvalue weighted by atomic mass is 19.3. The fourth-order valence-electron chi connectivity index (χ4n) is 5.97. The van der Waals surface area contributed by atoms with E-state index in [9.17, 15) is 18.7 Å². The van der Waals surface area contributed by atoms with Crippen molar-refractivity contribution in [2.75, 3.05) is 4.90 Å². The number of nitrogens with zero attached hydrogens (tertiary/aromatic N) is 3. The first-order chi connectivity index (χ1) is 18.4. The van der Waals surface area contributed by atoms with Crippen LogP contribution in [-0.2, 0) is 11.3 Å². The van der Waals surface area contributed by atoms with Gasteiger partial charge in [-0.1, -0.05) is 17.3 Å². The van der Waals surface area contributed by atoms with E-state index in [1.807, 2.05) is 6.92 Å². The fourth-order valence-corrected chi connectivity index (χ4v) is 5.97. The number of halogens is 2. The van der Waals surface area contributed by atoms with Crippen molar-refractivity contribution in [2.24, 2.45) is 0 Å². The summed E-state index contributed by atoms with van der Waals surface area (Å²) in [6, 6.07) is 8.81. The quantitative estimate of drug-likeness (QED) is 0.367. The monoisotopic (exact) mass is 525 g/mol. The lowest BCUT2D eigenvalue weighted by Crippen LogP contribution is -2.46. The summed E-state index contributed by atoms with van der Waals surface area (Å²) in [6.07, 6.45) is 7.15. The maximum absolute atomic E-state index is 13.0. The Kier molecular flexibility index (Phi) is 6.51. The van der Waals surface area contributed by atoms with Gasteiger partial charge in [-0.15, -0.1) is 0 Å². The second-order valence-electron chi connectivity index (χ2n) is 10.4.